The molecule has 0 spiro atoms. The normalized spacial score (nSPS) is 13.8. The smallest absolute Gasteiger partial charge is 0.0544 e. The van der Waals surface area contributed by atoms with E-state index in [-0.39, 0.29) is 16.2 Å². The van der Waals surface area contributed by atoms with Crippen molar-refractivity contribution in [1.29, 1.82) is 0 Å². The summed E-state index contributed by atoms with van der Waals surface area (Å²) in [5.74, 6) is 0. The van der Waals surface area contributed by atoms with Crippen LogP contribution in [0.4, 0.5) is 0 Å². The van der Waals surface area contributed by atoms with Gasteiger partial charge in [-0.1, -0.05) is 387 Å². The highest BCUT2D eigenvalue weighted by molar-refractivity contribution is 6.24. The summed E-state index contributed by atoms with van der Waals surface area (Å²) in [7, 11) is 0. The summed E-state index contributed by atoms with van der Waals surface area (Å²) in [5.41, 5.74) is 51.2. The first kappa shape index (κ1) is 76.9. The van der Waals surface area contributed by atoms with Crippen LogP contribution in [0.15, 0.2) is 431 Å². The molecule has 3 aromatic heterocycles. The predicted molar refractivity (Wildman–Crippen MR) is 575 cm³/mol. The summed E-state index contributed by atoms with van der Waals surface area (Å²) in [6.07, 6.45) is 0. The Kier molecular flexibility index (Phi) is 15.9. The van der Waals surface area contributed by atoms with Gasteiger partial charge in [0.25, 0.3) is 0 Å². The Morgan fingerprint density at radius 2 is 0.426 bits per heavy atom. The largest absolute Gasteiger partial charge is 0.309 e. The van der Waals surface area contributed by atoms with E-state index in [2.05, 4.69) is 486 Å². The predicted octanol–water partition coefficient (Wildman–Crippen LogP) is 35.8. The molecule has 31 rings (SSSR count). The van der Waals surface area contributed by atoms with Crippen molar-refractivity contribution in [3.05, 3.63) is 464 Å². The molecule has 0 radical (unpaired) electrons. The van der Waals surface area contributed by atoms with Crippen molar-refractivity contribution in [3.8, 4) is 151 Å². The molecule has 0 unspecified atom stereocenters. The van der Waals surface area contributed by atoms with Crippen LogP contribution in [-0.2, 0) is 16.2 Å². The number of nitrogens with zero attached hydrogens (tertiary/aromatic N) is 3. The van der Waals surface area contributed by atoms with E-state index in [9.17, 15) is 0 Å². The number of para-hydroxylation sites is 3. The molecule has 0 aliphatic heterocycles. The van der Waals surface area contributed by atoms with Gasteiger partial charge in [-0.15, -0.1) is 0 Å². The van der Waals surface area contributed by atoms with Crippen LogP contribution in [0.2, 0.25) is 0 Å². The Morgan fingerprint density at radius 1 is 0.140 bits per heavy atom. The number of aromatic nitrogens is 3. The van der Waals surface area contributed by atoms with Crippen molar-refractivity contribution in [2.45, 2.75) is 57.8 Å². The van der Waals surface area contributed by atoms with Gasteiger partial charge in [-0.25, -0.2) is 0 Å². The number of rotatable bonds is 6. The Morgan fingerprint density at radius 3 is 0.853 bits per heavy atom. The maximum Gasteiger partial charge on any atom is 0.0544 e. The Hall–Kier alpha value is -16.7. The summed E-state index contributed by atoms with van der Waals surface area (Å²) in [6.45, 7) is 14.2. The maximum atomic E-state index is 2.51. The zero-order valence-corrected chi connectivity index (χ0v) is 76.3. The summed E-state index contributed by atoms with van der Waals surface area (Å²) < 4.78 is 7.45. The SMILES string of the molecule is CC1(C)c2ccccc2-c2cc3c4ccccc4n(-c4ccc(-c5ccc6c7c(cccc57)-c5ccccc5-6)c5ccccc45)c3cc21.CC1(C)c2ccccc2-c2cc3c4ccccc4n(-c4ccc(-c5ccc6c7c(cccc57)-c5ccccc5-6)cc4)c3cc21.CC1(C)c2ccccc2-c2cc3c4ccccc4n(-c4cccc(-c5ccc6c7c(cccc57)-c5ccccc5-6)c4)c3cc21. The minimum atomic E-state index is -0.0667. The lowest BCUT2D eigenvalue weighted by molar-refractivity contribution is 0.661. The molecule has 636 valence electrons. The minimum absolute atomic E-state index is 0.0410. The summed E-state index contributed by atoms with van der Waals surface area (Å²) in [4.78, 5) is 0. The highest BCUT2D eigenvalue weighted by atomic mass is 15.0. The van der Waals surface area contributed by atoms with Gasteiger partial charge in [0.15, 0.2) is 0 Å². The quantitative estimate of drug-likeness (QED) is 0.158. The molecule has 25 aromatic rings. The maximum absolute atomic E-state index is 2.51. The summed E-state index contributed by atoms with van der Waals surface area (Å²) in [5, 5.41) is 18.4. The molecule has 0 atom stereocenters. The number of hydrogen-bond acceptors (Lipinski definition) is 0. The van der Waals surface area contributed by atoms with Gasteiger partial charge in [-0.05, 0) is 290 Å². The van der Waals surface area contributed by atoms with Crippen molar-refractivity contribution < 1.29 is 0 Å². The van der Waals surface area contributed by atoms with Gasteiger partial charge in [-0.2, -0.15) is 0 Å². The number of fused-ring (bicyclic) bond motifs is 28. The fraction of sp³-hybridized carbons (Fsp3) is 0.0677. The summed E-state index contributed by atoms with van der Waals surface area (Å²) >= 11 is 0. The average molecular weight is 1730 g/mol. The molecular weight excluding hydrogens is 1640 g/mol. The van der Waals surface area contributed by atoms with E-state index in [1.54, 1.807) is 0 Å². The zero-order chi connectivity index (χ0) is 90.0. The minimum Gasteiger partial charge on any atom is -0.309 e. The first-order chi connectivity index (χ1) is 66.8. The van der Waals surface area contributed by atoms with Crippen molar-refractivity contribution in [1.82, 2.24) is 13.7 Å². The highest BCUT2D eigenvalue weighted by Crippen LogP contribution is 2.59. The van der Waals surface area contributed by atoms with Crippen LogP contribution >= 0.6 is 0 Å². The second-order valence-corrected chi connectivity index (χ2v) is 39.9. The van der Waals surface area contributed by atoms with Crippen molar-refractivity contribution in [2.75, 3.05) is 0 Å². The summed E-state index contributed by atoms with van der Waals surface area (Å²) in [6, 6.07) is 161. The molecule has 3 heteroatoms. The fourth-order valence-corrected chi connectivity index (χ4v) is 25.8. The van der Waals surface area contributed by atoms with Crippen molar-refractivity contribution in [2.24, 2.45) is 0 Å². The lowest BCUT2D eigenvalue weighted by atomic mass is 9.82. The first-order valence-corrected chi connectivity index (χ1v) is 48.0. The third kappa shape index (κ3) is 10.6. The van der Waals surface area contributed by atoms with Gasteiger partial charge in [0.05, 0.1) is 38.8 Å². The van der Waals surface area contributed by atoms with E-state index in [4.69, 9.17) is 0 Å². The van der Waals surface area contributed by atoms with Gasteiger partial charge in [-0.3, -0.25) is 0 Å². The Labute approximate surface area is 789 Å². The third-order valence-corrected chi connectivity index (χ3v) is 32.1. The molecule has 0 N–H and O–H groups in total. The first-order valence-electron chi connectivity index (χ1n) is 48.0. The van der Waals surface area contributed by atoms with Crippen LogP contribution in [0.25, 0.3) is 259 Å². The van der Waals surface area contributed by atoms with Crippen LogP contribution in [-0.4, -0.2) is 13.7 Å². The van der Waals surface area contributed by atoms with Crippen LogP contribution < -0.4 is 0 Å². The van der Waals surface area contributed by atoms with Crippen molar-refractivity contribution >= 4 is 109 Å². The van der Waals surface area contributed by atoms with E-state index in [1.165, 1.54) is 292 Å². The Bertz CT molecular complexity index is 9550. The molecule has 0 amide bonds. The Balaban J connectivity index is 0.0000000990. The molecule has 22 aromatic carbocycles. The second kappa shape index (κ2) is 28.2. The standard InChI is InChI=1S/C47H31N.2C43H29N/c1-47(2)41-20-9-7-15-33(41)39-26-40-35-17-8-10-21-43(35)48(45(40)27-42(39)47)44-25-24-31(28-12-5-6-16-34(28)44)32-22-23-38-30-14-4-3-13-29(30)36-18-11-19-37(32)46(36)38;1-43(2)38-19-7-5-15-31(38)36-24-37-32-16-6-8-20-40(32)44(41(37)25-39(36)43)27-12-9-11-26(23-27)28-21-22-35-30-14-4-3-13-29(30)34-18-10-17-33(28)42(34)35;1-43(2)38-16-7-5-12-31(38)36-24-37-32-13-6-8-17-40(32)44(41(37)25-39(36)43)27-20-18-26(19-21-27)28-22-23-35-30-11-4-3-10-29(30)34-15-9-14-33(28)42(34)35/h3-27H,1-2H3;2*3-25H,1-2H3. The van der Waals surface area contributed by atoms with Crippen molar-refractivity contribution in [3.63, 3.8) is 0 Å². The van der Waals surface area contributed by atoms with Crippen LogP contribution in [0.3, 0.4) is 0 Å². The molecule has 6 aliphatic rings. The molecule has 0 saturated heterocycles. The zero-order valence-electron chi connectivity index (χ0n) is 76.3. The number of hydrogen-bond donors (Lipinski definition) is 0. The molecule has 0 bridgehead atoms. The van der Waals surface area contributed by atoms with Gasteiger partial charge in [0, 0.05) is 65.3 Å². The van der Waals surface area contributed by atoms with E-state index in [0.717, 1.165) is 0 Å². The van der Waals surface area contributed by atoms with Crippen LogP contribution in [0, 0.1) is 0 Å². The van der Waals surface area contributed by atoms with Gasteiger partial charge < -0.3 is 13.7 Å². The molecule has 3 heterocycles. The fourth-order valence-electron chi connectivity index (χ4n) is 25.8. The number of benzene rings is 22. The average Bonchev–Trinajstić information content (AvgIpc) is 1.59. The molecule has 0 fully saturated rings. The van der Waals surface area contributed by atoms with Gasteiger partial charge >= 0.3 is 0 Å². The van der Waals surface area contributed by atoms with E-state index >= 15 is 0 Å². The van der Waals surface area contributed by atoms with Gasteiger partial charge in [0.1, 0.15) is 0 Å². The topological polar surface area (TPSA) is 14.8 Å². The monoisotopic (exact) mass is 1730 g/mol. The lowest BCUT2D eigenvalue weighted by Gasteiger charge is -2.22. The molecule has 0 saturated carbocycles. The molecular formula is C133H89N3. The highest BCUT2D eigenvalue weighted by Gasteiger charge is 2.41. The molecule has 136 heavy (non-hydrogen) atoms. The molecule has 3 nitrogen and oxygen atoms in total. The van der Waals surface area contributed by atoms with E-state index in [1.807, 2.05) is 0 Å². The van der Waals surface area contributed by atoms with E-state index in [0.29, 0.717) is 0 Å². The van der Waals surface area contributed by atoms with Crippen LogP contribution in [0.1, 0.15) is 74.9 Å². The van der Waals surface area contributed by atoms with E-state index < -0.39 is 0 Å². The second-order valence-electron chi connectivity index (χ2n) is 39.9. The lowest BCUT2D eigenvalue weighted by Crippen LogP contribution is -2.15. The van der Waals surface area contributed by atoms with Gasteiger partial charge in [0.2, 0.25) is 0 Å². The third-order valence-electron chi connectivity index (χ3n) is 32.1. The van der Waals surface area contributed by atoms with Crippen LogP contribution in [0.5, 0.6) is 0 Å². The molecule has 6 aliphatic carbocycles.